The molecule has 0 saturated carbocycles. The van der Waals surface area contributed by atoms with E-state index in [9.17, 15) is 9.59 Å². The lowest BCUT2D eigenvalue weighted by Crippen LogP contribution is -2.41. The highest BCUT2D eigenvalue weighted by molar-refractivity contribution is 5.94. The van der Waals surface area contributed by atoms with E-state index >= 15 is 0 Å². The van der Waals surface area contributed by atoms with Crippen LogP contribution in [0.5, 0.6) is 5.75 Å². The van der Waals surface area contributed by atoms with Crippen LogP contribution >= 0.6 is 0 Å². The number of carbonyl (C=O) groups is 2. The molecule has 2 aliphatic heterocycles. The molecule has 5 rings (SSSR count). The molecule has 0 spiro atoms. The van der Waals surface area contributed by atoms with Gasteiger partial charge in [0.1, 0.15) is 12.4 Å². The lowest BCUT2D eigenvalue weighted by molar-refractivity contribution is -0.131. The molecule has 0 aliphatic carbocycles. The van der Waals surface area contributed by atoms with Crippen LogP contribution in [0.25, 0.3) is 0 Å². The number of fused-ring (bicyclic) bond motifs is 3. The molecule has 1 fully saturated rings. The summed E-state index contributed by atoms with van der Waals surface area (Å²) >= 11 is 0. The topological polar surface area (TPSA) is 80.1 Å². The van der Waals surface area contributed by atoms with Gasteiger partial charge in [0, 0.05) is 81.8 Å². The fourth-order valence-corrected chi connectivity index (χ4v) is 5.11. The predicted octanol–water partition coefficient (Wildman–Crippen LogP) is 3.08. The van der Waals surface area contributed by atoms with Gasteiger partial charge in [-0.25, -0.2) is 4.98 Å². The minimum atomic E-state index is -0.0417. The maximum Gasteiger partial charge on any atom is 0.253 e. The Morgan fingerprint density at radius 3 is 2.69 bits per heavy atom. The number of amides is 2. The third kappa shape index (κ3) is 6.97. The molecule has 1 saturated heterocycles. The summed E-state index contributed by atoms with van der Waals surface area (Å²) in [5.74, 6) is 0.835. The number of morpholine rings is 1. The highest BCUT2D eigenvalue weighted by Crippen LogP contribution is 2.28. The average Bonchev–Trinajstić information content (AvgIpc) is 3.48. The SMILES string of the molecule is CN1CCN(C(=O)CCCn2ccnc2)CCOc2ccc(N3CCOCC3)cc2Cc2cccc(c2)C1=O. The van der Waals surface area contributed by atoms with Crippen molar-refractivity contribution in [2.45, 2.75) is 25.8 Å². The predicted molar refractivity (Wildman–Crippen MR) is 149 cm³/mol. The van der Waals surface area contributed by atoms with E-state index in [1.54, 1.807) is 24.5 Å². The number of carbonyl (C=O) groups excluding carboxylic acids is 2. The van der Waals surface area contributed by atoms with Crippen LogP contribution in [0.2, 0.25) is 0 Å². The van der Waals surface area contributed by atoms with E-state index < -0.39 is 0 Å². The maximum absolute atomic E-state index is 13.2. The Labute approximate surface area is 229 Å². The van der Waals surface area contributed by atoms with Gasteiger partial charge in [-0.15, -0.1) is 0 Å². The minimum Gasteiger partial charge on any atom is -0.491 e. The number of hydrogen-bond acceptors (Lipinski definition) is 6. The highest BCUT2D eigenvalue weighted by Gasteiger charge is 2.20. The molecule has 0 unspecified atom stereocenters. The van der Waals surface area contributed by atoms with E-state index in [2.05, 4.69) is 28.1 Å². The third-order valence-electron chi connectivity index (χ3n) is 7.38. The molecular weight excluding hydrogens is 494 g/mol. The molecule has 1 aromatic heterocycles. The molecule has 2 aromatic carbocycles. The molecule has 0 radical (unpaired) electrons. The molecule has 9 nitrogen and oxygen atoms in total. The monoisotopic (exact) mass is 531 g/mol. The number of anilines is 1. The Balaban J connectivity index is 1.36. The van der Waals surface area contributed by atoms with Crippen LogP contribution < -0.4 is 9.64 Å². The van der Waals surface area contributed by atoms with Crippen molar-refractivity contribution in [2.24, 2.45) is 0 Å². The standard InChI is InChI=1S/C30H37N5O4/c1-32-12-13-35(29(36)6-3-10-33-11-9-31-23-33)16-19-39-28-8-7-27(34-14-17-38-18-15-34)22-26(28)21-24-4-2-5-25(20-24)30(32)37/h2,4-5,7-9,11,20,22-23H,3,6,10,12-19,21H2,1H3. The largest absolute Gasteiger partial charge is 0.491 e. The van der Waals surface area contributed by atoms with Crippen molar-refractivity contribution >= 4 is 17.5 Å². The number of nitrogens with zero attached hydrogens (tertiary/aromatic N) is 5. The van der Waals surface area contributed by atoms with Crippen LogP contribution in [0.15, 0.2) is 61.2 Å². The molecule has 39 heavy (non-hydrogen) atoms. The van der Waals surface area contributed by atoms with Crippen molar-refractivity contribution in [2.75, 3.05) is 64.5 Å². The van der Waals surface area contributed by atoms with Crippen molar-refractivity contribution in [3.8, 4) is 5.75 Å². The minimum absolute atomic E-state index is 0.0417. The molecule has 9 heteroatoms. The fraction of sp³-hybridized carbons (Fsp3) is 0.433. The van der Waals surface area contributed by atoms with Crippen molar-refractivity contribution in [3.63, 3.8) is 0 Å². The van der Waals surface area contributed by atoms with Crippen LogP contribution in [0.4, 0.5) is 5.69 Å². The quantitative estimate of drug-likeness (QED) is 0.504. The first-order chi connectivity index (χ1) is 19.1. The second-order valence-electron chi connectivity index (χ2n) is 10.1. The zero-order valence-corrected chi connectivity index (χ0v) is 22.6. The highest BCUT2D eigenvalue weighted by atomic mass is 16.5. The Kier molecular flexibility index (Phi) is 8.78. The van der Waals surface area contributed by atoms with E-state index in [0.29, 0.717) is 44.6 Å². The van der Waals surface area contributed by atoms with Crippen LogP contribution in [-0.2, 0) is 22.5 Å². The second-order valence-corrected chi connectivity index (χ2v) is 10.1. The summed E-state index contributed by atoms with van der Waals surface area (Å²) in [7, 11) is 1.79. The van der Waals surface area contributed by atoms with E-state index in [1.807, 2.05) is 39.9 Å². The van der Waals surface area contributed by atoms with Crippen LogP contribution in [0.1, 0.15) is 34.3 Å². The maximum atomic E-state index is 13.2. The number of aromatic nitrogens is 2. The van der Waals surface area contributed by atoms with Crippen LogP contribution in [0, 0.1) is 0 Å². The van der Waals surface area contributed by atoms with Crippen LogP contribution in [0.3, 0.4) is 0 Å². The van der Waals surface area contributed by atoms with Gasteiger partial charge in [-0.1, -0.05) is 12.1 Å². The average molecular weight is 532 g/mol. The molecule has 3 heterocycles. The number of ether oxygens (including phenoxy) is 2. The van der Waals surface area contributed by atoms with Gasteiger partial charge in [0.2, 0.25) is 5.91 Å². The Bertz CT molecular complexity index is 1260. The number of aryl methyl sites for hydroxylation is 1. The normalized spacial score (nSPS) is 16.8. The molecule has 2 bridgehead atoms. The zero-order chi connectivity index (χ0) is 27.0. The first-order valence-corrected chi connectivity index (χ1v) is 13.7. The first-order valence-electron chi connectivity index (χ1n) is 13.7. The molecular formula is C30H37N5O4. The number of likely N-dealkylation sites (N-methyl/N-ethyl adjacent to an activating group) is 1. The zero-order valence-electron chi connectivity index (χ0n) is 22.6. The van der Waals surface area contributed by atoms with Crippen LogP contribution in [-0.4, -0.2) is 90.8 Å². The lowest BCUT2D eigenvalue weighted by Gasteiger charge is -2.30. The number of hydrogen-bond donors (Lipinski definition) is 0. The summed E-state index contributed by atoms with van der Waals surface area (Å²) in [6.45, 7) is 5.64. The summed E-state index contributed by atoms with van der Waals surface area (Å²) < 4.78 is 13.8. The summed E-state index contributed by atoms with van der Waals surface area (Å²) in [4.78, 5) is 36.3. The van der Waals surface area contributed by atoms with Crippen molar-refractivity contribution < 1.29 is 19.1 Å². The van der Waals surface area contributed by atoms with Crippen molar-refractivity contribution in [1.82, 2.24) is 19.4 Å². The number of benzene rings is 2. The van der Waals surface area contributed by atoms with E-state index in [0.717, 1.165) is 61.8 Å². The van der Waals surface area contributed by atoms with Gasteiger partial charge in [0.05, 0.1) is 26.1 Å². The molecule has 2 amide bonds. The number of rotatable bonds is 5. The molecule has 0 atom stereocenters. The summed E-state index contributed by atoms with van der Waals surface area (Å²) in [5, 5.41) is 0. The van der Waals surface area contributed by atoms with Gasteiger partial charge in [0.15, 0.2) is 0 Å². The Hall–Kier alpha value is -3.85. The summed E-state index contributed by atoms with van der Waals surface area (Å²) in [5.41, 5.74) is 3.91. The second kappa shape index (κ2) is 12.8. The molecule has 206 valence electrons. The van der Waals surface area contributed by atoms with Crippen molar-refractivity contribution in [3.05, 3.63) is 77.9 Å². The molecule has 0 N–H and O–H groups in total. The van der Waals surface area contributed by atoms with E-state index in [4.69, 9.17) is 9.47 Å². The van der Waals surface area contributed by atoms with Gasteiger partial charge in [-0.3, -0.25) is 9.59 Å². The van der Waals surface area contributed by atoms with Gasteiger partial charge >= 0.3 is 0 Å². The Morgan fingerprint density at radius 2 is 1.87 bits per heavy atom. The van der Waals surface area contributed by atoms with Gasteiger partial charge in [0.25, 0.3) is 5.91 Å². The van der Waals surface area contributed by atoms with Gasteiger partial charge in [-0.05, 0) is 42.3 Å². The third-order valence-corrected chi connectivity index (χ3v) is 7.38. The van der Waals surface area contributed by atoms with Crippen molar-refractivity contribution in [1.29, 1.82) is 0 Å². The summed E-state index contributed by atoms with van der Waals surface area (Å²) in [6.07, 6.45) is 7.20. The number of imidazole rings is 1. The first kappa shape index (κ1) is 26.7. The Morgan fingerprint density at radius 1 is 1.00 bits per heavy atom. The van der Waals surface area contributed by atoms with Gasteiger partial charge in [-0.2, -0.15) is 0 Å². The smallest absolute Gasteiger partial charge is 0.253 e. The molecule has 3 aromatic rings. The van der Waals surface area contributed by atoms with E-state index in [1.165, 1.54) is 0 Å². The fourth-order valence-electron chi connectivity index (χ4n) is 5.11. The van der Waals surface area contributed by atoms with E-state index in [-0.39, 0.29) is 11.8 Å². The lowest BCUT2D eigenvalue weighted by atomic mass is 10.0. The van der Waals surface area contributed by atoms with Gasteiger partial charge < -0.3 is 28.7 Å². The molecule has 2 aliphatic rings. The summed E-state index contributed by atoms with van der Waals surface area (Å²) in [6, 6.07) is 14.1.